The van der Waals surface area contributed by atoms with E-state index in [9.17, 15) is 9.59 Å². The average Bonchev–Trinajstić information content (AvgIpc) is 2.65. The molecule has 1 aliphatic heterocycles. The van der Waals surface area contributed by atoms with Crippen LogP contribution < -0.4 is 5.73 Å². The van der Waals surface area contributed by atoms with E-state index >= 15 is 0 Å². The number of hydrogen-bond donors (Lipinski definition) is 1. The molecule has 1 heterocycles. The third kappa shape index (κ3) is 4.34. The topological polar surface area (TPSA) is 85.0 Å². The molecule has 2 amide bonds. The van der Waals surface area contributed by atoms with Crippen molar-refractivity contribution < 1.29 is 14.3 Å². The first kappa shape index (κ1) is 18.6. The highest BCUT2D eigenvalue weighted by Gasteiger charge is 2.24. The molecule has 1 aliphatic rings. The summed E-state index contributed by atoms with van der Waals surface area (Å²) in [7, 11) is 0. The van der Waals surface area contributed by atoms with Gasteiger partial charge in [-0.05, 0) is 29.2 Å². The number of amides is 2. The molecular formula is C21H23N3O3. The molecule has 2 aromatic carbocycles. The normalized spacial score (nSPS) is 15.3. The van der Waals surface area contributed by atoms with Crippen LogP contribution in [0, 0.1) is 5.92 Å². The summed E-state index contributed by atoms with van der Waals surface area (Å²) in [6, 6.07) is 17.0. The van der Waals surface area contributed by atoms with Crippen molar-refractivity contribution in [2.75, 3.05) is 6.61 Å². The minimum atomic E-state index is -0.335. The van der Waals surface area contributed by atoms with Gasteiger partial charge in [-0.25, -0.2) is 5.01 Å². The van der Waals surface area contributed by atoms with E-state index in [1.807, 2.05) is 68.4 Å². The summed E-state index contributed by atoms with van der Waals surface area (Å²) in [4.78, 5) is 23.9. The Morgan fingerprint density at radius 2 is 1.81 bits per heavy atom. The van der Waals surface area contributed by atoms with E-state index in [0.717, 1.165) is 16.7 Å². The summed E-state index contributed by atoms with van der Waals surface area (Å²) in [5.41, 5.74) is 8.14. The Kier molecular flexibility index (Phi) is 5.54. The first-order valence-electron chi connectivity index (χ1n) is 8.91. The minimum absolute atomic E-state index is 0.0388. The maximum Gasteiger partial charge on any atom is 0.281 e. The van der Waals surface area contributed by atoms with Crippen molar-refractivity contribution in [1.82, 2.24) is 5.01 Å². The number of hydrogen-bond acceptors (Lipinski definition) is 4. The summed E-state index contributed by atoms with van der Waals surface area (Å²) in [5.74, 6) is -0.312. The quantitative estimate of drug-likeness (QED) is 0.854. The van der Waals surface area contributed by atoms with Crippen LogP contribution in [0.4, 0.5) is 0 Å². The molecule has 0 aromatic heterocycles. The lowest BCUT2D eigenvalue weighted by atomic mass is 9.87. The van der Waals surface area contributed by atoms with E-state index in [1.54, 1.807) is 0 Å². The van der Waals surface area contributed by atoms with Gasteiger partial charge in [0.25, 0.3) is 5.91 Å². The predicted octanol–water partition coefficient (Wildman–Crippen LogP) is 2.63. The van der Waals surface area contributed by atoms with E-state index in [4.69, 9.17) is 10.5 Å². The Hall–Kier alpha value is -3.15. The predicted molar refractivity (Wildman–Crippen MR) is 103 cm³/mol. The zero-order valence-electron chi connectivity index (χ0n) is 15.5. The number of hydrazone groups is 1. The van der Waals surface area contributed by atoms with Crippen LogP contribution in [0.1, 0.15) is 36.5 Å². The monoisotopic (exact) mass is 365 g/mol. The van der Waals surface area contributed by atoms with Crippen molar-refractivity contribution in [3.63, 3.8) is 0 Å². The van der Waals surface area contributed by atoms with Crippen molar-refractivity contribution >= 4 is 17.7 Å². The lowest BCUT2D eigenvalue weighted by Crippen LogP contribution is -2.36. The summed E-state index contributed by atoms with van der Waals surface area (Å²) in [5, 5.41) is 5.76. The van der Waals surface area contributed by atoms with E-state index in [2.05, 4.69) is 5.10 Å². The summed E-state index contributed by atoms with van der Waals surface area (Å²) < 4.78 is 5.45. The van der Waals surface area contributed by atoms with Crippen LogP contribution >= 0.6 is 0 Å². The third-order valence-corrected chi connectivity index (χ3v) is 4.50. The van der Waals surface area contributed by atoms with Crippen molar-refractivity contribution in [1.29, 1.82) is 0 Å². The van der Waals surface area contributed by atoms with Gasteiger partial charge in [0.15, 0.2) is 6.61 Å². The van der Waals surface area contributed by atoms with Gasteiger partial charge in [-0.3, -0.25) is 9.59 Å². The minimum Gasteiger partial charge on any atom is -0.466 e. The maximum absolute atomic E-state index is 12.2. The highest BCUT2D eigenvalue weighted by molar-refractivity contribution is 5.97. The SMILES string of the molecule is CC(C)C(C(N)=O)c1ccc(CN2N=C(c3ccccc3)OCC2=O)cc1. The highest BCUT2D eigenvalue weighted by atomic mass is 16.5. The molecule has 0 fully saturated rings. The van der Waals surface area contributed by atoms with Gasteiger partial charge in [-0.1, -0.05) is 56.3 Å². The second-order valence-electron chi connectivity index (χ2n) is 6.88. The smallest absolute Gasteiger partial charge is 0.281 e. The van der Waals surface area contributed by atoms with E-state index in [-0.39, 0.29) is 30.3 Å². The van der Waals surface area contributed by atoms with Crippen molar-refractivity contribution in [3.05, 3.63) is 71.3 Å². The molecule has 3 rings (SSSR count). The molecule has 27 heavy (non-hydrogen) atoms. The number of rotatable bonds is 6. The molecule has 6 nitrogen and oxygen atoms in total. The van der Waals surface area contributed by atoms with Crippen molar-refractivity contribution in [2.45, 2.75) is 26.3 Å². The Labute approximate surface area is 158 Å². The van der Waals surface area contributed by atoms with Crippen LogP contribution in [0.15, 0.2) is 59.7 Å². The molecule has 6 heteroatoms. The molecule has 1 atom stereocenters. The number of nitrogens with zero attached hydrogens (tertiary/aromatic N) is 2. The van der Waals surface area contributed by atoms with Gasteiger partial charge in [0.05, 0.1) is 12.5 Å². The Morgan fingerprint density at radius 1 is 1.15 bits per heavy atom. The van der Waals surface area contributed by atoms with Gasteiger partial charge in [0.1, 0.15) is 0 Å². The molecule has 0 bridgehead atoms. The van der Waals surface area contributed by atoms with Gasteiger partial charge in [0.2, 0.25) is 11.8 Å². The number of nitrogens with two attached hydrogens (primary N) is 1. The molecular weight excluding hydrogens is 342 g/mol. The molecule has 0 radical (unpaired) electrons. The fourth-order valence-electron chi connectivity index (χ4n) is 3.13. The van der Waals surface area contributed by atoms with E-state index in [0.29, 0.717) is 12.4 Å². The lowest BCUT2D eigenvalue weighted by Gasteiger charge is -2.24. The summed E-state index contributed by atoms with van der Waals surface area (Å²) in [6.45, 7) is 4.23. The number of carbonyl (C=O) groups excluding carboxylic acids is 2. The first-order valence-corrected chi connectivity index (χ1v) is 8.91. The van der Waals surface area contributed by atoms with Gasteiger partial charge in [0, 0.05) is 5.56 Å². The first-order chi connectivity index (χ1) is 13.0. The number of benzene rings is 2. The average molecular weight is 365 g/mol. The number of ether oxygens (including phenoxy) is 1. The maximum atomic E-state index is 12.2. The standard InChI is InChI=1S/C21H23N3O3/c1-14(2)19(20(22)26)16-10-8-15(9-11-16)12-24-18(25)13-27-21(23-24)17-6-4-3-5-7-17/h3-11,14,19H,12-13H2,1-2H3,(H2,22,26). The number of primary amides is 1. The molecule has 0 aliphatic carbocycles. The zero-order valence-corrected chi connectivity index (χ0v) is 15.5. The largest absolute Gasteiger partial charge is 0.466 e. The van der Waals surface area contributed by atoms with Crippen LogP contribution in [-0.4, -0.2) is 29.3 Å². The van der Waals surface area contributed by atoms with Crippen LogP contribution in [-0.2, 0) is 20.9 Å². The van der Waals surface area contributed by atoms with Gasteiger partial charge < -0.3 is 10.5 Å². The Balaban J connectivity index is 1.77. The van der Waals surface area contributed by atoms with Gasteiger partial charge >= 0.3 is 0 Å². The van der Waals surface area contributed by atoms with Crippen LogP contribution in [0.5, 0.6) is 0 Å². The van der Waals surface area contributed by atoms with Crippen molar-refractivity contribution in [2.24, 2.45) is 16.8 Å². The summed E-state index contributed by atoms with van der Waals surface area (Å²) in [6.07, 6.45) is 0. The molecule has 1 unspecified atom stereocenters. The molecule has 140 valence electrons. The van der Waals surface area contributed by atoms with Crippen LogP contribution in [0.2, 0.25) is 0 Å². The second-order valence-corrected chi connectivity index (χ2v) is 6.88. The molecule has 0 saturated heterocycles. The lowest BCUT2D eigenvalue weighted by molar-refractivity contribution is -0.136. The molecule has 0 spiro atoms. The van der Waals surface area contributed by atoms with E-state index in [1.165, 1.54) is 5.01 Å². The Morgan fingerprint density at radius 3 is 2.41 bits per heavy atom. The molecule has 2 aromatic rings. The summed E-state index contributed by atoms with van der Waals surface area (Å²) >= 11 is 0. The fraction of sp³-hybridized carbons (Fsp3) is 0.286. The van der Waals surface area contributed by atoms with Gasteiger partial charge in [-0.2, -0.15) is 0 Å². The molecule has 2 N–H and O–H groups in total. The fourth-order valence-corrected chi connectivity index (χ4v) is 3.13. The van der Waals surface area contributed by atoms with Gasteiger partial charge in [-0.15, -0.1) is 5.10 Å². The van der Waals surface area contributed by atoms with Crippen LogP contribution in [0.3, 0.4) is 0 Å². The molecule has 0 saturated carbocycles. The Bertz CT molecular complexity index is 845. The van der Waals surface area contributed by atoms with E-state index < -0.39 is 0 Å². The van der Waals surface area contributed by atoms with Crippen molar-refractivity contribution in [3.8, 4) is 0 Å². The second kappa shape index (κ2) is 8.03. The highest BCUT2D eigenvalue weighted by Crippen LogP contribution is 2.25. The zero-order chi connectivity index (χ0) is 19.4. The van der Waals surface area contributed by atoms with Crippen LogP contribution in [0.25, 0.3) is 0 Å². The number of carbonyl (C=O) groups is 2. The third-order valence-electron chi connectivity index (χ3n) is 4.50.